The Bertz CT molecular complexity index is 970. The third-order valence-corrected chi connectivity index (χ3v) is 5.08. The summed E-state index contributed by atoms with van der Waals surface area (Å²) in [5, 5.41) is 1.69. The molecule has 0 aromatic heterocycles. The summed E-state index contributed by atoms with van der Waals surface area (Å²) in [4.78, 5) is 27.6. The summed E-state index contributed by atoms with van der Waals surface area (Å²) in [6.45, 7) is 8.52. The van der Waals surface area contributed by atoms with Gasteiger partial charge in [0.15, 0.2) is 0 Å². The van der Waals surface area contributed by atoms with Gasteiger partial charge in [-0.1, -0.05) is 24.6 Å². The van der Waals surface area contributed by atoms with Gasteiger partial charge < -0.3 is 9.64 Å². The standard InChI is InChI=1S/C23H26ClN3O3/c1-4-12-30-21-15-18(26(5-2)6-3)11-10-16(21)13-20-22(28)25-27(23(20)29)19-9-7-8-17(24)14-19/h7-11,13-15H,4-6,12H2,1-3H3,(H,25,28)/b20-13+. The molecule has 2 aromatic carbocycles. The van der Waals surface area contributed by atoms with Crippen LogP contribution in [0.25, 0.3) is 6.08 Å². The fraction of sp³-hybridized carbons (Fsp3) is 0.304. The van der Waals surface area contributed by atoms with Gasteiger partial charge in [0.2, 0.25) is 0 Å². The van der Waals surface area contributed by atoms with Crippen LogP contribution in [0, 0.1) is 0 Å². The number of benzene rings is 2. The van der Waals surface area contributed by atoms with Crippen molar-refractivity contribution >= 4 is 40.9 Å². The topological polar surface area (TPSA) is 61.9 Å². The van der Waals surface area contributed by atoms with Gasteiger partial charge in [-0.15, -0.1) is 0 Å². The lowest BCUT2D eigenvalue weighted by Gasteiger charge is -2.22. The van der Waals surface area contributed by atoms with Crippen LogP contribution in [0.2, 0.25) is 5.02 Å². The summed E-state index contributed by atoms with van der Waals surface area (Å²) < 4.78 is 5.93. The molecule has 2 aromatic rings. The first kappa shape index (κ1) is 21.7. The lowest BCUT2D eigenvalue weighted by Crippen LogP contribution is -2.35. The summed E-state index contributed by atoms with van der Waals surface area (Å²) in [5.41, 5.74) is 4.87. The molecule has 7 heteroatoms. The van der Waals surface area contributed by atoms with Gasteiger partial charge >= 0.3 is 0 Å². The van der Waals surface area contributed by atoms with E-state index in [1.165, 1.54) is 5.01 Å². The molecule has 1 N–H and O–H groups in total. The van der Waals surface area contributed by atoms with E-state index in [9.17, 15) is 9.59 Å². The van der Waals surface area contributed by atoms with Crippen LogP contribution >= 0.6 is 11.6 Å². The molecule has 1 fully saturated rings. The van der Waals surface area contributed by atoms with Crippen LogP contribution in [-0.4, -0.2) is 31.5 Å². The highest BCUT2D eigenvalue weighted by Gasteiger charge is 2.34. The number of carbonyl (C=O) groups is 2. The van der Waals surface area contributed by atoms with Crippen molar-refractivity contribution in [1.82, 2.24) is 5.43 Å². The average Bonchev–Trinajstić information content (AvgIpc) is 3.02. The Kier molecular flexibility index (Phi) is 7.00. The molecule has 1 heterocycles. The number of anilines is 2. The minimum atomic E-state index is -0.464. The van der Waals surface area contributed by atoms with Gasteiger partial charge in [0, 0.05) is 35.4 Å². The zero-order valence-corrected chi connectivity index (χ0v) is 18.2. The van der Waals surface area contributed by atoms with E-state index in [1.807, 2.05) is 25.1 Å². The van der Waals surface area contributed by atoms with E-state index >= 15 is 0 Å². The van der Waals surface area contributed by atoms with Gasteiger partial charge in [-0.25, -0.2) is 5.01 Å². The van der Waals surface area contributed by atoms with Crippen LogP contribution in [0.4, 0.5) is 11.4 Å². The van der Waals surface area contributed by atoms with Gasteiger partial charge in [0.05, 0.1) is 12.3 Å². The van der Waals surface area contributed by atoms with Crippen LogP contribution < -0.4 is 20.1 Å². The zero-order chi connectivity index (χ0) is 21.7. The van der Waals surface area contributed by atoms with E-state index in [0.717, 1.165) is 25.2 Å². The highest BCUT2D eigenvalue weighted by atomic mass is 35.5. The Balaban J connectivity index is 1.96. The minimum Gasteiger partial charge on any atom is -0.493 e. The Morgan fingerprint density at radius 3 is 2.53 bits per heavy atom. The largest absolute Gasteiger partial charge is 0.493 e. The number of rotatable bonds is 8. The molecule has 1 aliphatic heterocycles. The maximum atomic E-state index is 12.9. The van der Waals surface area contributed by atoms with Crippen molar-refractivity contribution in [3.63, 3.8) is 0 Å². The van der Waals surface area contributed by atoms with Crippen LogP contribution in [-0.2, 0) is 9.59 Å². The lowest BCUT2D eigenvalue weighted by atomic mass is 10.1. The van der Waals surface area contributed by atoms with Crippen molar-refractivity contribution in [3.05, 3.63) is 58.6 Å². The molecule has 0 saturated carbocycles. The number of amides is 2. The van der Waals surface area contributed by atoms with Crippen molar-refractivity contribution in [1.29, 1.82) is 0 Å². The average molecular weight is 428 g/mol. The van der Waals surface area contributed by atoms with Gasteiger partial charge in [-0.05, 0) is 56.7 Å². The molecule has 0 atom stereocenters. The van der Waals surface area contributed by atoms with Crippen LogP contribution in [0.3, 0.4) is 0 Å². The first-order chi connectivity index (χ1) is 14.5. The lowest BCUT2D eigenvalue weighted by molar-refractivity contribution is -0.117. The van der Waals surface area contributed by atoms with E-state index < -0.39 is 11.8 Å². The second kappa shape index (κ2) is 9.67. The highest BCUT2D eigenvalue weighted by molar-refractivity contribution is 6.33. The first-order valence-corrected chi connectivity index (χ1v) is 10.5. The minimum absolute atomic E-state index is 0.0481. The molecule has 6 nitrogen and oxygen atoms in total. The molecule has 0 aliphatic carbocycles. The number of hydrogen-bond acceptors (Lipinski definition) is 4. The van der Waals surface area contributed by atoms with E-state index in [-0.39, 0.29) is 5.57 Å². The van der Waals surface area contributed by atoms with E-state index in [4.69, 9.17) is 16.3 Å². The summed E-state index contributed by atoms with van der Waals surface area (Å²) in [7, 11) is 0. The fourth-order valence-electron chi connectivity index (χ4n) is 3.27. The first-order valence-electron chi connectivity index (χ1n) is 10.1. The molecular formula is C23H26ClN3O3. The third-order valence-electron chi connectivity index (χ3n) is 4.85. The zero-order valence-electron chi connectivity index (χ0n) is 17.4. The van der Waals surface area contributed by atoms with Crippen LogP contribution in [0.15, 0.2) is 48.0 Å². The number of hydrazine groups is 1. The summed E-state index contributed by atoms with van der Waals surface area (Å²) in [6.07, 6.45) is 2.44. The number of carbonyl (C=O) groups excluding carboxylic acids is 2. The van der Waals surface area contributed by atoms with Crippen molar-refractivity contribution in [2.45, 2.75) is 27.2 Å². The van der Waals surface area contributed by atoms with Crippen molar-refractivity contribution < 1.29 is 14.3 Å². The normalized spacial score (nSPS) is 14.9. The van der Waals surface area contributed by atoms with E-state index in [2.05, 4.69) is 24.2 Å². The third kappa shape index (κ3) is 4.60. The van der Waals surface area contributed by atoms with Gasteiger partial charge in [-0.2, -0.15) is 0 Å². The number of halogens is 1. The fourth-order valence-corrected chi connectivity index (χ4v) is 3.46. The Labute approximate surface area is 182 Å². The Morgan fingerprint density at radius 1 is 1.10 bits per heavy atom. The van der Waals surface area contributed by atoms with Crippen LogP contribution in [0.5, 0.6) is 5.75 Å². The molecule has 0 unspecified atom stereocenters. The number of nitrogens with zero attached hydrogens (tertiary/aromatic N) is 2. The predicted molar refractivity (Wildman–Crippen MR) is 121 cm³/mol. The second-order valence-electron chi connectivity index (χ2n) is 6.86. The molecule has 1 aliphatic rings. The van der Waals surface area contributed by atoms with Crippen molar-refractivity contribution in [2.24, 2.45) is 0 Å². The van der Waals surface area contributed by atoms with Crippen LogP contribution in [0.1, 0.15) is 32.8 Å². The second-order valence-corrected chi connectivity index (χ2v) is 7.30. The van der Waals surface area contributed by atoms with Gasteiger partial charge in [-0.3, -0.25) is 15.0 Å². The molecular weight excluding hydrogens is 402 g/mol. The van der Waals surface area contributed by atoms with E-state index in [1.54, 1.807) is 30.3 Å². The Hall–Kier alpha value is -2.99. The monoisotopic (exact) mass is 427 g/mol. The van der Waals surface area contributed by atoms with Crippen molar-refractivity contribution in [2.75, 3.05) is 29.6 Å². The van der Waals surface area contributed by atoms with Crippen molar-refractivity contribution in [3.8, 4) is 5.75 Å². The van der Waals surface area contributed by atoms with Gasteiger partial charge in [0.1, 0.15) is 11.3 Å². The predicted octanol–water partition coefficient (Wildman–Crippen LogP) is 4.44. The smallest absolute Gasteiger partial charge is 0.282 e. The highest BCUT2D eigenvalue weighted by Crippen LogP contribution is 2.30. The molecule has 0 radical (unpaired) electrons. The maximum Gasteiger partial charge on any atom is 0.282 e. The molecule has 3 rings (SSSR count). The number of ether oxygens (including phenoxy) is 1. The molecule has 0 bridgehead atoms. The molecule has 0 spiro atoms. The quantitative estimate of drug-likeness (QED) is 0.500. The molecule has 1 saturated heterocycles. The molecule has 2 amide bonds. The van der Waals surface area contributed by atoms with Gasteiger partial charge in [0.25, 0.3) is 11.8 Å². The molecule has 158 valence electrons. The Morgan fingerprint density at radius 2 is 1.87 bits per heavy atom. The van der Waals surface area contributed by atoms with E-state index in [0.29, 0.717) is 28.6 Å². The molecule has 30 heavy (non-hydrogen) atoms. The SMILES string of the molecule is CCCOc1cc(N(CC)CC)ccc1/C=C1\C(=O)NN(c2cccc(Cl)c2)C1=O. The maximum absolute atomic E-state index is 12.9. The summed E-state index contributed by atoms with van der Waals surface area (Å²) in [6, 6.07) is 12.6. The summed E-state index contributed by atoms with van der Waals surface area (Å²) >= 11 is 6.02. The summed E-state index contributed by atoms with van der Waals surface area (Å²) in [5.74, 6) is -0.249. The number of nitrogens with one attached hydrogen (secondary N) is 1. The number of hydrogen-bond donors (Lipinski definition) is 1.